The molecule has 0 fully saturated rings. The van der Waals surface area contributed by atoms with Gasteiger partial charge in [0.15, 0.2) is 0 Å². The summed E-state index contributed by atoms with van der Waals surface area (Å²) < 4.78 is 18.4. The minimum absolute atomic E-state index is 0.152. The van der Waals surface area contributed by atoms with Crippen LogP contribution in [0.2, 0.25) is 0 Å². The first-order valence-corrected chi connectivity index (χ1v) is 10.0. The van der Waals surface area contributed by atoms with Crippen molar-refractivity contribution < 1.29 is 28.6 Å². The summed E-state index contributed by atoms with van der Waals surface area (Å²) in [4.78, 5) is 36.9. The Morgan fingerprint density at radius 3 is 2.45 bits per heavy atom. The third-order valence-electron chi connectivity index (χ3n) is 4.75. The fourth-order valence-corrected chi connectivity index (χ4v) is 4.24. The molecule has 0 spiro atoms. The lowest BCUT2D eigenvalue weighted by Gasteiger charge is -2.24. The number of ether oxygens (including phenoxy) is 1. The predicted octanol–water partition coefficient (Wildman–Crippen LogP) is 4.34. The maximum Gasteiger partial charge on any atom is 0.341 e. The smallest absolute Gasteiger partial charge is 0.341 e. The third kappa shape index (κ3) is 4.54. The number of allylic oxidation sites excluding steroid dienone is 2. The lowest BCUT2D eigenvalue weighted by atomic mass is 9.82. The third-order valence-corrected chi connectivity index (χ3v) is 5.64. The first-order chi connectivity index (χ1) is 13.9. The van der Waals surface area contributed by atoms with E-state index >= 15 is 0 Å². The highest BCUT2D eigenvalue weighted by molar-refractivity contribution is 7.15. The van der Waals surface area contributed by atoms with E-state index in [-0.39, 0.29) is 23.6 Å². The molecule has 0 aliphatic heterocycles. The van der Waals surface area contributed by atoms with Gasteiger partial charge in [0.2, 0.25) is 5.91 Å². The molecular formula is C21H20FNO5S. The van der Waals surface area contributed by atoms with Gasteiger partial charge in [-0.05, 0) is 37.5 Å². The first-order valence-electron chi connectivity index (χ1n) is 9.15. The van der Waals surface area contributed by atoms with Crippen LogP contribution >= 0.6 is 11.3 Å². The number of nitrogens with one attached hydrogen (secondary N) is 1. The topological polar surface area (TPSA) is 92.7 Å². The number of rotatable bonds is 6. The van der Waals surface area contributed by atoms with Crippen LogP contribution in [-0.4, -0.2) is 29.6 Å². The largest absolute Gasteiger partial charge is 0.481 e. The van der Waals surface area contributed by atoms with Gasteiger partial charge in [0.1, 0.15) is 16.4 Å². The molecule has 0 saturated carbocycles. The van der Waals surface area contributed by atoms with Crippen molar-refractivity contribution >= 4 is 34.2 Å². The van der Waals surface area contributed by atoms with Gasteiger partial charge < -0.3 is 15.2 Å². The molecule has 2 aromatic rings. The van der Waals surface area contributed by atoms with Crippen molar-refractivity contribution in [2.24, 2.45) is 11.8 Å². The van der Waals surface area contributed by atoms with Gasteiger partial charge in [0.25, 0.3) is 0 Å². The van der Waals surface area contributed by atoms with E-state index in [4.69, 9.17) is 4.74 Å². The fourth-order valence-electron chi connectivity index (χ4n) is 3.28. The average molecular weight is 417 g/mol. The highest BCUT2D eigenvalue weighted by atomic mass is 32.1. The molecule has 1 aromatic heterocycles. The number of carboxylic acids is 1. The Hall–Kier alpha value is -3.00. The predicted molar refractivity (Wildman–Crippen MR) is 107 cm³/mol. The number of esters is 1. The zero-order chi connectivity index (χ0) is 21.0. The first kappa shape index (κ1) is 20.7. The molecule has 2 N–H and O–H groups in total. The van der Waals surface area contributed by atoms with Gasteiger partial charge in [-0.3, -0.25) is 9.59 Å². The number of carboxylic acid groups (broad SMARTS) is 1. The van der Waals surface area contributed by atoms with Gasteiger partial charge in [-0.2, -0.15) is 0 Å². The maximum atomic E-state index is 13.3. The number of halogens is 1. The summed E-state index contributed by atoms with van der Waals surface area (Å²) >= 11 is 1.14. The molecule has 0 saturated heterocycles. The normalized spacial score (nSPS) is 18.3. The van der Waals surface area contributed by atoms with E-state index in [1.807, 2.05) is 0 Å². The minimum atomic E-state index is -1.03. The second-order valence-electron chi connectivity index (χ2n) is 6.56. The number of amides is 1. The number of hydrogen-bond acceptors (Lipinski definition) is 5. The van der Waals surface area contributed by atoms with Crippen LogP contribution in [0.15, 0.2) is 41.8 Å². The molecule has 1 amide bonds. The second kappa shape index (κ2) is 9.00. The zero-order valence-electron chi connectivity index (χ0n) is 15.7. The second-order valence-corrected chi connectivity index (χ2v) is 7.44. The van der Waals surface area contributed by atoms with Crippen LogP contribution in [0.4, 0.5) is 9.39 Å². The Bertz CT molecular complexity index is 950. The number of benzene rings is 1. The molecule has 8 heteroatoms. The molecule has 1 aliphatic carbocycles. The van der Waals surface area contributed by atoms with E-state index in [9.17, 15) is 23.9 Å². The Labute approximate surface area is 171 Å². The van der Waals surface area contributed by atoms with Gasteiger partial charge >= 0.3 is 11.9 Å². The fraction of sp³-hybridized carbons (Fsp3) is 0.286. The Kier molecular flexibility index (Phi) is 6.43. The number of carbonyl (C=O) groups is 3. The van der Waals surface area contributed by atoms with Crippen molar-refractivity contribution in [1.82, 2.24) is 0 Å². The van der Waals surface area contributed by atoms with Gasteiger partial charge in [-0.25, -0.2) is 9.18 Å². The SMILES string of the molecule is CCOC(=O)c1c(-c2ccc(F)cc2)csc1NC(=O)[C@@H]1CC=CC[C@H]1C(=O)O. The average Bonchev–Trinajstić information content (AvgIpc) is 3.12. The molecule has 0 bridgehead atoms. The van der Waals surface area contributed by atoms with Crippen molar-refractivity contribution in [2.45, 2.75) is 19.8 Å². The van der Waals surface area contributed by atoms with Crippen molar-refractivity contribution in [3.05, 3.63) is 53.2 Å². The summed E-state index contributed by atoms with van der Waals surface area (Å²) in [5, 5.41) is 14.1. The summed E-state index contributed by atoms with van der Waals surface area (Å²) in [7, 11) is 0. The molecule has 2 atom stereocenters. The van der Waals surface area contributed by atoms with E-state index in [1.165, 1.54) is 24.3 Å². The van der Waals surface area contributed by atoms with E-state index in [0.717, 1.165) is 11.3 Å². The lowest BCUT2D eigenvalue weighted by Crippen LogP contribution is -2.34. The Morgan fingerprint density at radius 1 is 1.17 bits per heavy atom. The molecular weight excluding hydrogens is 397 g/mol. The van der Waals surface area contributed by atoms with Gasteiger partial charge in [-0.15, -0.1) is 11.3 Å². The van der Waals surface area contributed by atoms with Crippen LogP contribution < -0.4 is 5.32 Å². The van der Waals surface area contributed by atoms with Gasteiger partial charge in [0.05, 0.1) is 18.4 Å². The van der Waals surface area contributed by atoms with Crippen molar-refractivity contribution in [2.75, 3.05) is 11.9 Å². The summed E-state index contributed by atoms with van der Waals surface area (Å²) in [6.45, 7) is 1.82. The van der Waals surface area contributed by atoms with Crippen LogP contribution in [0, 0.1) is 17.7 Å². The summed E-state index contributed by atoms with van der Waals surface area (Å²) in [6.07, 6.45) is 4.13. The molecule has 1 heterocycles. The molecule has 0 radical (unpaired) electrons. The number of anilines is 1. The number of thiophene rings is 1. The van der Waals surface area contributed by atoms with E-state index < -0.39 is 35.5 Å². The van der Waals surface area contributed by atoms with Crippen LogP contribution in [-0.2, 0) is 14.3 Å². The number of hydrogen-bond donors (Lipinski definition) is 2. The van der Waals surface area contributed by atoms with E-state index in [2.05, 4.69) is 5.32 Å². The van der Waals surface area contributed by atoms with Crippen LogP contribution in [0.25, 0.3) is 11.1 Å². The molecule has 152 valence electrons. The number of carbonyl (C=O) groups excluding carboxylic acids is 2. The molecule has 1 aromatic carbocycles. The van der Waals surface area contributed by atoms with E-state index in [0.29, 0.717) is 17.5 Å². The molecule has 1 aliphatic rings. The zero-order valence-corrected chi connectivity index (χ0v) is 16.5. The van der Waals surface area contributed by atoms with E-state index in [1.54, 1.807) is 24.5 Å². The Morgan fingerprint density at radius 2 is 1.83 bits per heavy atom. The summed E-state index contributed by atoms with van der Waals surface area (Å²) in [5.74, 6) is -4.05. The monoisotopic (exact) mass is 417 g/mol. The highest BCUT2D eigenvalue weighted by Gasteiger charge is 2.35. The molecule has 29 heavy (non-hydrogen) atoms. The molecule has 0 unspecified atom stereocenters. The quantitative estimate of drug-likeness (QED) is 0.539. The minimum Gasteiger partial charge on any atom is -0.481 e. The maximum absolute atomic E-state index is 13.3. The highest BCUT2D eigenvalue weighted by Crippen LogP contribution is 2.37. The molecule has 6 nitrogen and oxygen atoms in total. The standard InChI is InChI=1S/C21H20FNO5S/c1-2-28-21(27)17-16(12-7-9-13(22)10-8-12)11-29-19(17)23-18(24)14-5-3-4-6-15(14)20(25)26/h3-4,7-11,14-15H,2,5-6H2,1H3,(H,23,24)(H,25,26)/t14-,15-/m1/s1. The van der Waals surface area contributed by atoms with Gasteiger partial charge in [-0.1, -0.05) is 24.3 Å². The lowest BCUT2D eigenvalue weighted by molar-refractivity contribution is -0.146. The van der Waals surface area contributed by atoms with Crippen LogP contribution in [0.1, 0.15) is 30.1 Å². The van der Waals surface area contributed by atoms with Crippen LogP contribution in [0.5, 0.6) is 0 Å². The Balaban J connectivity index is 1.93. The molecule has 3 rings (SSSR count). The number of aliphatic carboxylic acids is 1. The van der Waals surface area contributed by atoms with Crippen molar-refractivity contribution in [3.8, 4) is 11.1 Å². The van der Waals surface area contributed by atoms with Crippen molar-refractivity contribution in [1.29, 1.82) is 0 Å². The van der Waals surface area contributed by atoms with Crippen molar-refractivity contribution in [3.63, 3.8) is 0 Å². The van der Waals surface area contributed by atoms with Crippen LogP contribution in [0.3, 0.4) is 0 Å². The summed E-state index contributed by atoms with van der Waals surface area (Å²) in [5.41, 5.74) is 1.30. The van der Waals surface area contributed by atoms with Gasteiger partial charge in [0, 0.05) is 10.9 Å². The summed E-state index contributed by atoms with van der Waals surface area (Å²) in [6, 6.07) is 5.65.